The van der Waals surface area contributed by atoms with Gasteiger partial charge in [0.05, 0.1) is 5.69 Å². The van der Waals surface area contributed by atoms with Crippen LogP contribution in [0.15, 0.2) is 18.2 Å². The summed E-state index contributed by atoms with van der Waals surface area (Å²) in [5, 5.41) is 2.80. The Balaban J connectivity index is 2.26. The van der Waals surface area contributed by atoms with Crippen molar-refractivity contribution in [2.75, 3.05) is 11.9 Å². The molecule has 1 aromatic carbocycles. The predicted molar refractivity (Wildman–Crippen MR) is 57.9 cm³/mol. The monoisotopic (exact) mass is 206 g/mol. The number of benzene rings is 1. The summed E-state index contributed by atoms with van der Waals surface area (Å²) in [6.07, 6.45) is 0.0865. The van der Waals surface area contributed by atoms with Crippen molar-refractivity contribution in [3.63, 3.8) is 0 Å². The first-order valence-electron chi connectivity index (χ1n) is 4.99. The number of hydrogen-bond donors (Lipinski definition) is 2. The second-order valence-corrected chi connectivity index (χ2v) is 3.67. The molecule has 80 valence electrons. The number of aryl methyl sites for hydroxylation is 1. The highest BCUT2D eigenvalue weighted by atomic mass is 16.5. The fourth-order valence-electron chi connectivity index (χ4n) is 1.59. The Hall–Kier alpha value is -1.55. The number of carbonyl (C=O) groups excluding carboxylic acids is 1. The molecular formula is C11H14N2O2. The molecule has 1 heterocycles. The van der Waals surface area contributed by atoms with Crippen LogP contribution in [0.4, 0.5) is 5.69 Å². The minimum atomic E-state index is -0.454. The summed E-state index contributed by atoms with van der Waals surface area (Å²) in [6.45, 7) is 2.43. The molecule has 0 bridgehead atoms. The number of fused-ring (bicyclic) bond motifs is 1. The number of anilines is 1. The Labute approximate surface area is 88.4 Å². The van der Waals surface area contributed by atoms with E-state index < -0.39 is 6.10 Å². The van der Waals surface area contributed by atoms with Gasteiger partial charge in [-0.15, -0.1) is 0 Å². The van der Waals surface area contributed by atoms with Gasteiger partial charge in [0, 0.05) is 6.42 Å². The lowest BCUT2D eigenvalue weighted by molar-refractivity contribution is -0.123. The molecule has 0 saturated carbocycles. The Bertz CT molecular complexity index is 390. The van der Waals surface area contributed by atoms with Crippen LogP contribution < -0.4 is 15.8 Å². The highest BCUT2D eigenvalue weighted by molar-refractivity contribution is 5.97. The van der Waals surface area contributed by atoms with Crippen LogP contribution in [-0.2, 0) is 4.79 Å². The van der Waals surface area contributed by atoms with E-state index in [1.165, 1.54) is 0 Å². The highest BCUT2D eigenvalue weighted by Crippen LogP contribution is 2.30. The van der Waals surface area contributed by atoms with Gasteiger partial charge in [0.2, 0.25) is 0 Å². The maximum atomic E-state index is 11.5. The fourth-order valence-corrected chi connectivity index (χ4v) is 1.59. The van der Waals surface area contributed by atoms with E-state index in [4.69, 9.17) is 10.5 Å². The van der Waals surface area contributed by atoms with Crippen LogP contribution in [0.1, 0.15) is 12.0 Å². The third-order valence-corrected chi connectivity index (χ3v) is 2.39. The smallest absolute Gasteiger partial charge is 0.265 e. The molecule has 1 atom stereocenters. The SMILES string of the molecule is Cc1ccc2c(c1)OC(CCN)C(=O)N2. The predicted octanol–water partition coefficient (Wildman–Crippen LogP) is 1.04. The summed E-state index contributed by atoms with van der Waals surface area (Å²) in [6, 6.07) is 5.70. The number of nitrogens with one attached hydrogen (secondary N) is 1. The number of amides is 1. The second kappa shape index (κ2) is 3.90. The normalized spacial score (nSPS) is 19.1. The van der Waals surface area contributed by atoms with E-state index >= 15 is 0 Å². The third kappa shape index (κ3) is 1.94. The molecular weight excluding hydrogens is 192 g/mol. The van der Waals surface area contributed by atoms with Crippen LogP contribution in [0.2, 0.25) is 0 Å². The van der Waals surface area contributed by atoms with Crippen molar-refractivity contribution in [3.05, 3.63) is 23.8 Å². The van der Waals surface area contributed by atoms with Gasteiger partial charge in [0.15, 0.2) is 6.10 Å². The quantitative estimate of drug-likeness (QED) is 0.760. The van der Waals surface area contributed by atoms with Gasteiger partial charge in [-0.05, 0) is 31.2 Å². The standard InChI is InChI=1S/C11H14N2O2/c1-7-2-3-8-10(6-7)15-9(4-5-12)11(14)13-8/h2-3,6,9H,4-5,12H2,1H3,(H,13,14). The topological polar surface area (TPSA) is 64.3 Å². The van der Waals surface area contributed by atoms with Crippen molar-refractivity contribution in [1.29, 1.82) is 0 Å². The number of rotatable bonds is 2. The largest absolute Gasteiger partial charge is 0.478 e. The molecule has 0 fully saturated rings. The Kier molecular flexibility index (Phi) is 2.60. The number of nitrogens with two attached hydrogens (primary N) is 1. The average Bonchev–Trinajstić information content (AvgIpc) is 2.20. The highest BCUT2D eigenvalue weighted by Gasteiger charge is 2.26. The van der Waals surface area contributed by atoms with Crippen LogP contribution in [0.5, 0.6) is 5.75 Å². The summed E-state index contributed by atoms with van der Waals surface area (Å²) in [5.41, 5.74) is 7.25. The number of carbonyl (C=O) groups is 1. The van der Waals surface area contributed by atoms with E-state index in [2.05, 4.69) is 5.32 Å². The number of hydrogen-bond acceptors (Lipinski definition) is 3. The summed E-state index contributed by atoms with van der Waals surface area (Å²) in [7, 11) is 0. The van der Waals surface area contributed by atoms with E-state index in [-0.39, 0.29) is 5.91 Å². The summed E-state index contributed by atoms with van der Waals surface area (Å²) < 4.78 is 5.57. The zero-order valence-corrected chi connectivity index (χ0v) is 8.62. The van der Waals surface area contributed by atoms with Gasteiger partial charge >= 0.3 is 0 Å². The molecule has 1 aliphatic heterocycles. The summed E-state index contributed by atoms with van der Waals surface area (Å²) in [5.74, 6) is 0.616. The fraction of sp³-hybridized carbons (Fsp3) is 0.364. The van der Waals surface area contributed by atoms with Crippen LogP contribution in [-0.4, -0.2) is 18.6 Å². The average molecular weight is 206 g/mol. The van der Waals surface area contributed by atoms with E-state index in [1.807, 2.05) is 25.1 Å². The first kappa shape index (κ1) is 9.98. The molecule has 2 rings (SSSR count). The molecule has 3 N–H and O–H groups in total. The first-order valence-corrected chi connectivity index (χ1v) is 4.99. The molecule has 1 aromatic rings. The lowest BCUT2D eigenvalue weighted by Gasteiger charge is -2.25. The van der Waals surface area contributed by atoms with Crippen molar-refractivity contribution in [2.24, 2.45) is 5.73 Å². The molecule has 1 amide bonds. The van der Waals surface area contributed by atoms with Gasteiger partial charge < -0.3 is 15.8 Å². The summed E-state index contributed by atoms with van der Waals surface area (Å²) in [4.78, 5) is 11.5. The van der Waals surface area contributed by atoms with Gasteiger partial charge in [-0.25, -0.2) is 0 Å². The van der Waals surface area contributed by atoms with Crippen molar-refractivity contribution >= 4 is 11.6 Å². The molecule has 1 aliphatic rings. The molecule has 4 nitrogen and oxygen atoms in total. The lowest BCUT2D eigenvalue weighted by Crippen LogP contribution is -2.38. The molecule has 0 spiro atoms. The molecule has 0 aromatic heterocycles. The Morgan fingerprint density at radius 2 is 2.33 bits per heavy atom. The van der Waals surface area contributed by atoms with Crippen LogP contribution in [0.3, 0.4) is 0 Å². The van der Waals surface area contributed by atoms with Crippen molar-refractivity contribution in [1.82, 2.24) is 0 Å². The first-order chi connectivity index (χ1) is 7.20. The van der Waals surface area contributed by atoms with E-state index in [0.717, 1.165) is 17.0 Å². The Morgan fingerprint density at radius 1 is 1.53 bits per heavy atom. The Morgan fingerprint density at radius 3 is 3.07 bits per heavy atom. The molecule has 1 unspecified atom stereocenters. The van der Waals surface area contributed by atoms with Gasteiger partial charge in [0.1, 0.15) is 5.75 Å². The third-order valence-electron chi connectivity index (χ3n) is 2.39. The van der Waals surface area contributed by atoms with E-state index in [1.54, 1.807) is 0 Å². The van der Waals surface area contributed by atoms with Crippen molar-refractivity contribution in [3.8, 4) is 5.75 Å². The van der Waals surface area contributed by atoms with Crippen molar-refractivity contribution in [2.45, 2.75) is 19.4 Å². The van der Waals surface area contributed by atoms with Gasteiger partial charge in [-0.1, -0.05) is 6.07 Å². The zero-order chi connectivity index (χ0) is 10.8. The molecule has 0 saturated heterocycles. The zero-order valence-electron chi connectivity index (χ0n) is 8.62. The van der Waals surface area contributed by atoms with Crippen molar-refractivity contribution < 1.29 is 9.53 Å². The van der Waals surface area contributed by atoms with Gasteiger partial charge in [-0.2, -0.15) is 0 Å². The minimum Gasteiger partial charge on any atom is -0.478 e. The molecule has 4 heteroatoms. The van der Waals surface area contributed by atoms with E-state index in [0.29, 0.717) is 13.0 Å². The summed E-state index contributed by atoms with van der Waals surface area (Å²) >= 11 is 0. The van der Waals surface area contributed by atoms with Crippen LogP contribution in [0, 0.1) is 6.92 Å². The molecule has 15 heavy (non-hydrogen) atoms. The maximum absolute atomic E-state index is 11.5. The van der Waals surface area contributed by atoms with Crippen LogP contribution in [0.25, 0.3) is 0 Å². The molecule has 0 radical (unpaired) electrons. The van der Waals surface area contributed by atoms with Gasteiger partial charge in [-0.3, -0.25) is 4.79 Å². The van der Waals surface area contributed by atoms with Crippen LogP contribution >= 0.6 is 0 Å². The van der Waals surface area contributed by atoms with Gasteiger partial charge in [0.25, 0.3) is 5.91 Å². The lowest BCUT2D eigenvalue weighted by atomic mass is 10.1. The second-order valence-electron chi connectivity index (χ2n) is 3.67. The van der Waals surface area contributed by atoms with E-state index in [9.17, 15) is 4.79 Å². The number of ether oxygens (including phenoxy) is 1. The molecule has 0 aliphatic carbocycles. The maximum Gasteiger partial charge on any atom is 0.265 e. The minimum absolute atomic E-state index is 0.114.